The summed E-state index contributed by atoms with van der Waals surface area (Å²) < 4.78 is 10.4. The van der Waals surface area contributed by atoms with E-state index in [1.807, 2.05) is 31.3 Å². The third-order valence-corrected chi connectivity index (χ3v) is 6.62. The van der Waals surface area contributed by atoms with Gasteiger partial charge in [-0.3, -0.25) is 9.20 Å². The van der Waals surface area contributed by atoms with E-state index < -0.39 is 0 Å². The molecule has 4 aromatic rings. The summed E-state index contributed by atoms with van der Waals surface area (Å²) in [5.74, 6) is 1.42. The first kappa shape index (κ1) is 21.0. The number of aromatic nitrogens is 4. The molecule has 5 rings (SSSR count). The van der Waals surface area contributed by atoms with Gasteiger partial charge in [-0.15, -0.1) is 0 Å². The maximum absolute atomic E-state index is 12.5. The van der Waals surface area contributed by atoms with Crippen molar-refractivity contribution in [3.63, 3.8) is 0 Å². The largest absolute Gasteiger partial charge is 0.424 e. The third-order valence-electron chi connectivity index (χ3n) is 6.62. The van der Waals surface area contributed by atoms with Crippen LogP contribution >= 0.6 is 0 Å². The molecule has 1 aliphatic rings. The highest BCUT2D eigenvalue weighted by molar-refractivity contribution is 6.01. The number of hydrogen-bond acceptors (Lipinski definition) is 4. The lowest BCUT2D eigenvalue weighted by Gasteiger charge is -2.17. The molecule has 0 aliphatic heterocycles. The smallest absolute Gasteiger partial charge is 0.311 e. The second-order valence-corrected chi connectivity index (χ2v) is 9.01. The minimum atomic E-state index is -0.195. The van der Waals surface area contributed by atoms with Crippen molar-refractivity contribution in [2.24, 2.45) is 0 Å². The molecular weight excluding hydrogens is 400 g/mol. The van der Waals surface area contributed by atoms with E-state index in [0.717, 1.165) is 65.6 Å². The Morgan fingerprint density at radius 1 is 1.03 bits per heavy atom. The van der Waals surface area contributed by atoms with Gasteiger partial charge in [0.1, 0.15) is 16.9 Å². The minimum absolute atomic E-state index is 0.195. The molecule has 1 aliphatic carbocycles. The Hall–Kier alpha value is -2.89. The fourth-order valence-corrected chi connectivity index (χ4v) is 5.10. The normalized spacial score (nSPS) is 15.6. The minimum Gasteiger partial charge on any atom is -0.424 e. The summed E-state index contributed by atoms with van der Waals surface area (Å²) >= 11 is 0. The molecule has 32 heavy (non-hydrogen) atoms. The zero-order valence-electron chi connectivity index (χ0n) is 19.1. The molecule has 1 saturated carbocycles. The van der Waals surface area contributed by atoms with Crippen molar-refractivity contribution < 1.29 is 9.53 Å². The molecule has 0 unspecified atom stereocenters. The van der Waals surface area contributed by atoms with Crippen LogP contribution in [0.5, 0.6) is 5.75 Å². The maximum atomic E-state index is 12.5. The average Bonchev–Trinajstić information content (AvgIpc) is 3.21. The molecule has 0 spiro atoms. The molecule has 3 aromatic heterocycles. The van der Waals surface area contributed by atoms with Crippen molar-refractivity contribution in [1.29, 1.82) is 0 Å². The lowest BCUT2D eigenvalue weighted by molar-refractivity contribution is -0.134. The highest BCUT2D eigenvalue weighted by atomic mass is 16.5. The fourth-order valence-electron chi connectivity index (χ4n) is 5.10. The molecule has 0 radical (unpaired) electrons. The second kappa shape index (κ2) is 8.93. The number of hydrogen-bond donors (Lipinski definition) is 0. The van der Waals surface area contributed by atoms with Crippen LogP contribution in [0.2, 0.25) is 0 Å². The molecular formula is C26H32N4O2. The van der Waals surface area contributed by atoms with Crippen molar-refractivity contribution in [1.82, 2.24) is 18.9 Å². The van der Waals surface area contributed by atoms with Crippen LogP contribution in [0.25, 0.3) is 27.7 Å². The van der Waals surface area contributed by atoms with Crippen molar-refractivity contribution >= 4 is 33.7 Å². The molecule has 168 valence electrons. The van der Waals surface area contributed by atoms with Crippen LogP contribution in [0.3, 0.4) is 0 Å². The lowest BCUT2D eigenvalue weighted by atomic mass is 10.1. The first-order chi connectivity index (χ1) is 15.7. The molecule has 0 amide bonds. The van der Waals surface area contributed by atoms with Crippen molar-refractivity contribution in [2.75, 3.05) is 0 Å². The average molecular weight is 433 g/mol. The molecule has 1 fully saturated rings. The monoisotopic (exact) mass is 432 g/mol. The molecule has 0 atom stereocenters. The van der Waals surface area contributed by atoms with Gasteiger partial charge in [0.25, 0.3) is 0 Å². The maximum Gasteiger partial charge on any atom is 0.311 e. The summed E-state index contributed by atoms with van der Waals surface area (Å²) in [7, 11) is 0. The van der Waals surface area contributed by atoms with Gasteiger partial charge in [-0.05, 0) is 37.8 Å². The van der Waals surface area contributed by atoms with Crippen LogP contribution in [0, 0.1) is 0 Å². The van der Waals surface area contributed by atoms with Crippen molar-refractivity contribution in [3.05, 3.63) is 36.3 Å². The van der Waals surface area contributed by atoms with Gasteiger partial charge in [0, 0.05) is 25.1 Å². The van der Waals surface area contributed by atoms with Gasteiger partial charge in [0.15, 0.2) is 11.4 Å². The number of carbonyl (C=O) groups excluding carboxylic acids is 1. The quantitative estimate of drug-likeness (QED) is 0.262. The van der Waals surface area contributed by atoms with E-state index in [9.17, 15) is 4.79 Å². The van der Waals surface area contributed by atoms with E-state index in [1.165, 1.54) is 25.7 Å². The van der Waals surface area contributed by atoms with Crippen LogP contribution < -0.4 is 4.74 Å². The highest BCUT2D eigenvalue weighted by Gasteiger charge is 2.25. The van der Waals surface area contributed by atoms with Crippen LogP contribution in [-0.2, 0) is 11.2 Å². The number of imidazole rings is 1. The van der Waals surface area contributed by atoms with E-state index >= 15 is 0 Å². The van der Waals surface area contributed by atoms with E-state index in [0.29, 0.717) is 18.2 Å². The standard InChI is InChI=1S/C26H32N4O2/c1-3-11-22-28-25-24(26-27-19-15-9-10-16-20(19)30(22)26)21(32-23(31)12-4-2)17-29(25)18-13-7-5-6-8-14-18/h9-10,15-18H,3-8,11-14H2,1-2H3. The summed E-state index contributed by atoms with van der Waals surface area (Å²) in [5.41, 5.74) is 3.73. The van der Waals surface area contributed by atoms with Gasteiger partial charge in [-0.25, -0.2) is 9.97 Å². The Morgan fingerprint density at radius 2 is 1.81 bits per heavy atom. The Balaban J connectivity index is 1.80. The summed E-state index contributed by atoms with van der Waals surface area (Å²) in [5, 5.41) is 0.856. The lowest BCUT2D eigenvalue weighted by Crippen LogP contribution is -2.10. The number of para-hydroxylation sites is 2. The number of fused-ring (bicyclic) bond motifs is 5. The van der Waals surface area contributed by atoms with Gasteiger partial charge < -0.3 is 9.30 Å². The summed E-state index contributed by atoms with van der Waals surface area (Å²) in [6, 6.07) is 8.56. The number of aryl methyl sites for hydroxylation is 1. The molecule has 0 N–H and O–H groups in total. The van der Waals surface area contributed by atoms with Crippen molar-refractivity contribution in [2.45, 2.75) is 84.1 Å². The molecule has 0 bridgehead atoms. The van der Waals surface area contributed by atoms with Crippen LogP contribution in [0.1, 0.15) is 83.5 Å². The summed E-state index contributed by atoms with van der Waals surface area (Å²) in [6.07, 6.45) is 12.4. The molecule has 0 saturated heterocycles. The zero-order valence-corrected chi connectivity index (χ0v) is 19.1. The summed E-state index contributed by atoms with van der Waals surface area (Å²) in [6.45, 7) is 4.17. The third kappa shape index (κ3) is 3.65. The predicted molar refractivity (Wildman–Crippen MR) is 127 cm³/mol. The second-order valence-electron chi connectivity index (χ2n) is 9.01. The number of rotatable bonds is 6. The molecule has 3 heterocycles. The first-order valence-electron chi connectivity index (χ1n) is 12.2. The molecule has 6 nitrogen and oxygen atoms in total. The van der Waals surface area contributed by atoms with E-state index in [2.05, 4.69) is 22.0 Å². The first-order valence-corrected chi connectivity index (χ1v) is 12.2. The van der Waals surface area contributed by atoms with Crippen LogP contribution in [0.4, 0.5) is 0 Å². The van der Waals surface area contributed by atoms with Gasteiger partial charge in [0.05, 0.1) is 11.0 Å². The van der Waals surface area contributed by atoms with Crippen LogP contribution in [-0.4, -0.2) is 24.9 Å². The SMILES string of the molecule is CCCC(=O)Oc1cn(C2CCCCCC2)c2nc(CCC)n3c4ccccc4nc3c12. The zero-order chi connectivity index (χ0) is 22.1. The fraction of sp³-hybridized carbons (Fsp3) is 0.500. The number of esters is 1. The van der Waals surface area contributed by atoms with Gasteiger partial charge in [0.2, 0.25) is 0 Å². The number of carbonyl (C=O) groups is 1. The number of nitrogens with zero attached hydrogens (tertiary/aromatic N) is 4. The van der Waals surface area contributed by atoms with Gasteiger partial charge in [-0.2, -0.15) is 0 Å². The molecule has 1 aromatic carbocycles. The summed E-state index contributed by atoms with van der Waals surface area (Å²) in [4.78, 5) is 22.7. The topological polar surface area (TPSA) is 61.4 Å². The Bertz CT molecular complexity index is 1260. The van der Waals surface area contributed by atoms with Gasteiger partial charge >= 0.3 is 5.97 Å². The van der Waals surface area contributed by atoms with E-state index in [1.54, 1.807) is 0 Å². The van der Waals surface area contributed by atoms with Crippen LogP contribution in [0.15, 0.2) is 30.5 Å². The van der Waals surface area contributed by atoms with E-state index in [-0.39, 0.29) is 5.97 Å². The predicted octanol–water partition coefficient (Wildman–Crippen LogP) is 6.39. The highest BCUT2D eigenvalue weighted by Crippen LogP contribution is 2.38. The van der Waals surface area contributed by atoms with Gasteiger partial charge in [-0.1, -0.05) is 51.7 Å². The Labute approximate surface area is 188 Å². The molecule has 6 heteroatoms. The van der Waals surface area contributed by atoms with E-state index in [4.69, 9.17) is 14.7 Å². The number of ether oxygens (including phenoxy) is 1. The number of benzene rings is 1. The Morgan fingerprint density at radius 3 is 2.56 bits per heavy atom. The van der Waals surface area contributed by atoms with Crippen molar-refractivity contribution in [3.8, 4) is 5.75 Å². The Kier molecular flexibility index (Phi) is 5.85.